The van der Waals surface area contributed by atoms with Gasteiger partial charge in [0.1, 0.15) is 5.82 Å². The Labute approximate surface area is 130 Å². The van der Waals surface area contributed by atoms with Crippen LogP contribution < -0.4 is 5.32 Å². The summed E-state index contributed by atoms with van der Waals surface area (Å²) in [4.78, 5) is 4.44. The summed E-state index contributed by atoms with van der Waals surface area (Å²) in [7, 11) is 0. The first kappa shape index (κ1) is 15.9. The van der Waals surface area contributed by atoms with Gasteiger partial charge in [0.05, 0.1) is 11.7 Å². The molecule has 0 bridgehead atoms. The number of nitrogens with one attached hydrogen (secondary N) is 1. The van der Waals surface area contributed by atoms with Gasteiger partial charge in [-0.2, -0.15) is 0 Å². The van der Waals surface area contributed by atoms with Gasteiger partial charge in [0, 0.05) is 11.2 Å². The molecule has 0 saturated heterocycles. The third kappa shape index (κ3) is 4.51. The maximum Gasteiger partial charge on any atom is 0.123 e. The standard InChI is InChI=1S/C17H20ClFN2/c1-3-7-20-17(16-9-12(2)6-8-21-16)11-13-10-14(19)4-5-15(13)18/h4-6,8-10,17,20H,3,7,11H2,1-2H3. The van der Waals surface area contributed by atoms with Gasteiger partial charge in [-0.1, -0.05) is 18.5 Å². The van der Waals surface area contributed by atoms with Crippen molar-refractivity contribution in [2.24, 2.45) is 0 Å². The average molecular weight is 307 g/mol. The Morgan fingerprint density at radius 3 is 2.81 bits per heavy atom. The molecule has 21 heavy (non-hydrogen) atoms. The zero-order valence-electron chi connectivity index (χ0n) is 12.4. The molecule has 112 valence electrons. The van der Waals surface area contributed by atoms with Crippen LogP contribution in [0.5, 0.6) is 0 Å². The lowest BCUT2D eigenvalue weighted by Gasteiger charge is -2.19. The van der Waals surface area contributed by atoms with E-state index in [9.17, 15) is 4.39 Å². The summed E-state index contributed by atoms with van der Waals surface area (Å²) in [6, 6.07) is 8.54. The van der Waals surface area contributed by atoms with E-state index in [4.69, 9.17) is 11.6 Å². The van der Waals surface area contributed by atoms with E-state index in [0.717, 1.165) is 29.8 Å². The Morgan fingerprint density at radius 2 is 2.10 bits per heavy atom. The first-order valence-electron chi connectivity index (χ1n) is 7.20. The minimum Gasteiger partial charge on any atom is -0.308 e. The molecule has 1 heterocycles. The number of rotatable bonds is 6. The zero-order valence-corrected chi connectivity index (χ0v) is 13.1. The fraction of sp³-hybridized carbons (Fsp3) is 0.353. The van der Waals surface area contributed by atoms with Crippen LogP contribution in [0.25, 0.3) is 0 Å². The van der Waals surface area contributed by atoms with E-state index in [-0.39, 0.29) is 11.9 Å². The van der Waals surface area contributed by atoms with Crippen molar-refractivity contribution in [2.75, 3.05) is 6.54 Å². The fourth-order valence-corrected chi connectivity index (χ4v) is 2.46. The largest absolute Gasteiger partial charge is 0.308 e. The second-order valence-corrected chi connectivity index (χ2v) is 5.61. The molecule has 0 spiro atoms. The molecule has 1 N–H and O–H groups in total. The molecule has 1 aromatic carbocycles. The van der Waals surface area contributed by atoms with Gasteiger partial charge in [-0.05, 0) is 67.8 Å². The van der Waals surface area contributed by atoms with Crippen LogP contribution in [-0.2, 0) is 6.42 Å². The number of halogens is 2. The van der Waals surface area contributed by atoms with Gasteiger partial charge in [0.2, 0.25) is 0 Å². The number of aryl methyl sites for hydroxylation is 1. The van der Waals surface area contributed by atoms with Crippen LogP contribution in [0.4, 0.5) is 4.39 Å². The van der Waals surface area contributed by atoms with Gasteiger partial charge in [-0.3, -0.25) is 4.98 Å². The van der Waals surface area contributed by atoms with Crippen LogP contribution in [0.1, 0.15) is 36.2 Å². The molecular weight excluding hydrogens is 287 g/mol. The van der Waals surface area contributed by atoms with Gasteiger partial charge >= 0.3 is 0 Å². The number of nitrogens with zero attached hydrogens (tertiary/aromatic N) is 1. The molecule has 4 heteroatoms. The van der Waals surface area contributed by atoms with Crippen molar-refractivity contribution in [3.8, 4) is 0 Å². The predicted octanol–water partition coefficient (Wildman–Crippen LogP) is 4.47. The average Bonchev–Trinajstić information content (AvgIpc) is 2.47. The molecule has 0 aliphatic heterocycles. The number of aromatic nitrogens is 1. The normalized spacial score (nSPS) is 12.4. The highest BCUT2D eigenvalue weighted by atomic mass is 35.5. The quantitative estimate of drug-likeness (QED) is 0.852. The molecule has 1 aromatic heterocycles. The molecule has 0 amide bonds. The van der Waals surface area contributed by atoms with Crippen molar-refractivity contribution in [2.45, 2.75) is 32.7 Å². The first-order valence-corrected chi connectivity index (χ1v) is 7.57. The topological polar surface area (TPSA) is 24.9 Å². The molecule has 2 rings (SSSR count). The van der Waals surface area contributed by atoms with E-state index >= 15 is 0 Å². The van der Waals surface area contributed by atoms with E-state index in [1.165, 1.54) is 12.1 Å². The monoisotopic (exact) mass is 306 g/mol. The van der Waals surface area contributed by atoms with Crippen molar-refractivity contribution in [1.82, 2.24) is 10.3 Å². The first-order chi connectivity index (χ1) is 10.1. The molecule has 2 nitrogen and oxygen atoms in total. The Balaban J connectivity index is 2.25. The van der Waals surface area contributed by atoms with Crippen molar-refractivity contribution in [3.05, 3.63) is 64.2 Å². The summed E-state index contributed by atoms with van der Waals surface area (Å²) in [5.41, 5.74) is 2.92. The van der Waals surface area contributed by atoms with E-state index in [2.05, 4.69) is 23.3 Å². The molecule has 2 aromatic rings. The Hall–Kier alpha value is -1.45. The van der Waals surface area contributed by atoms with Crippen molar-refractivity contribution in [1.29, 1.82) is 0 Å². The lowest BCUT2D eigenvalue weighted by molar-refractivity contribution is 0.516. The van der Waals surface area contributed by atoms with Crippen LogP contribution in [0.15, 0.2) is 36.5 Å². The smallest absolute Gasteiger partial charge is 0.123 e. The Bertz CT molecular complexity index is 601. The summed E-state index contributed by atoms with van der Waals surface area (Å²) in [5, 5.41) is 4.05. The summed E-state index contributed by atoms with van der Waals surface area (Å²) in [6.45, 7) is 5.04. The van der Waals surface area contributed by atoms with Gasteiger partial charge in [0.15, 0.2) is 0 Å². The summed E-state index contributed by atoms with van der Waals surface area (Å²) < 4.78 is 13.4. The molecule has 0 radical (unpaired) electrons. The lowest BCUT2D eigenvalue weighted by atomic mass is 10.0. The van der Waals surface area contributed by atoms with Crippen LogP contribution in [-0.4, -0.2) is 11.5 Å². The SMILES string of the molecule is CCCNC(Cc1cc(F)ccc1Cl)c1cc(C)ccn1. The second kappa shape index (κ2) is 7.53. The number of pyridine rings is 1. The molecule has 0 aliphatic rings. The molecule has 0 aliphatic carbocycles. The van der Waals surface area contributed by atoms with Crippen molar-refractivity contribution in [3.63, 3.8) is 0 Å². The molecule has 0 saturated carbocycles. The Kier molecular flexibility index (Phi) is 5.71. The summed E-state index contributed by atoms with van der Waals surface area (Å²) >= 11 is 6.18. The number of hydrogen-bond donors (Lipinski definition) is 1. The van der Waals surface area contributed by atoms with E-state index in [1.54, 1.807) is 12.3 Å². The highest BCUT2D eigenvalue weighted by Gasteiger charge is 2.15. The van der Waals surface area contributed by atoms with E-state index in [0.29, 0.717) is 11.4 Å². The van der Waals surface area contributed by atoms with Gasteiger partial charge < -0.3 is 5.32 Å². The number of benzene rings is 1. The summed E-state index contributed by atoms with van der Waals surface area (Å²) in [5.74, 6) is -0.263. The van der Waals surface area contributed by atoms with E-state index in [1.807, 2.05) is 13.0 Å². The molecule has 1 atom stereocenters. The highest BCUT2D eigenvalue weighted by Crippen LogP contribution is 2.24. The fourth-order valence-electron chi connectivity index (χ4n) is 2.27. The van der Waals surface area contributed by atoms with Gasteiger partial charge in [-0.25, -0.2) is 4.39 Å². The maximum atomic E-state index is 13.4. The minimum absolute atomic E-state index is 0.0316. The van der Waals surface area contributed by atoms with E-state index < -0.39 is 0 Å². The lowest BCUT2D eigenvalue weighted by Crippen LogP contribution is -2.25. The zero-order chi connectivity index (χ0) is 15.2. The molecule has 0 fully saturated rings. The third-order valence-electron chi connectivity index (χ3n) is 3.37. The molecular formula is C17H20ClFN2. The summed E-state index contributed by atoms with van der Waals surface area (Å²) in [6.07, 6.45) is 3.45. The minimum atomic E-state index is -0.263. The van der Waals surface area contributed by atoms with Crippen LogP contribution in [0.3, 0.4) is 0 Å². The van der Waals surface area contributed by atoms with Crippen LogP contribution in [0.2, 0.25) is 5.02 Å². The van der Waals surface area contributed by atoms with Crippen molar-refractivity contribution >= 4 is 11.6 Å². The van der Waals surface area contributed by atoms with Crippen molar-refractivity contribution < 1.29 is 4.39 Å². The number of hydrogen-bond acceptors (Lipinski definition) is 2. The van der Waals surface area contributed by atoms with Gasteiger partial charge in [0.25, 0.3) is 0 Å². The third-order valence-corrected chi connectivity index (χ3v) is 3.73. The van der Waals surface area contributed by atoms with Gasteiger partial charge in [-0.15, -0.1) is 0 Å². The second-order valence-electron chi connectivity index (χ2n) is 5.20. The van der Waals surface area contributed by atoms with Crippen LogP contribution >= 0.6 is 11.6 Å². The Morgan fingerprint density at radius 1 is 1.29 bits per heavy atom. The van der Waals surface area contributed by atoms with Crippen LogP contribution in [0, 0.1) is 12.7 Å². The molecule has 1 unspecified atom stereocenters. The highest BCUT2D eigenvalue weighted by molar-refractivity contribution is 6.31. The predicted molar refractivity (Wildman–Crippen MR) is 85.1 cm³/mol. The maximum absolute atomic E-state index is 13.4.